The number of aromatic nitrogens is 2. The maximum atomic E-state index is 13.2. The molecule has 0 amide bonds. The Bertz CT molecular complexity index is 480. The predicted molar refractivity (Wildman–Crippen MR) is 58.1 cm³/mol. The molecule has 78 valence electrons. The molecule has 1 heterocycles. The standard InChI is InChI=1S/C12H13FN2/c1-8-4-10(7-11(13)5-8)12-6-9(2)14-15(12)3/h4-7H,1-3H3. The van der Waals surface area contributed by atoms with Crippen LogP contribution in [0, 0.1) is 19.7 Å². The van der Waals surface area contributed by atoms with Crippen molar-refractivity contribution in [2.45, 2.75) is 13.8 Å². The molecule has 0 aliphatic rings. The maximum absolute atomic E-state index is 13.2. The Balaban J connectivity index is 2.58. The van der Waals surface area contributed by atoms with Crippen LogP contribution in [-0.4, -0.2) is 9.78 Å². The normalized spacial score (nSPS) is 10.7. The number of rotatable bonds is 1. The lowest BCUT2D eigenvalue weighted by Gasteiger charge is -2.03. The van der Waals surface area contributed by atoms with E-state index in [1.807, 2.05) is 33.0 Å². The Morgan fingerprint density at radius 1 is 1.13 bits per heavy atom. The van der Waals surface area contributed by atoms with Crippen LogP contribution in [0.1, 0.15) is 11.3 Å². The van der Waals surface area contributed by atoms with E-state index in [9.17, 15) is 4.39 Å². The summed E-state index contributed by atoms with van der Waals surface area (Å²) < 4.78 is 15.0. The number of hydrogen-bond acceptors (Lipinski definition) is 1. The van der Waals surface area contributed by atoms with E-state index in [2.05, 4.69) is 5.10 Å². The van der Waals surface area contributed by atoms with Crippen molar-refractivity contribution >= 4 is 0 Å². The van der Waals surface area contributed by atoms with Gasteiger partial charge < -0.3 is 0 Å². The van der Waals surface area contributed by atoms with Crippen LogP contribution in [-0.2, 0) is 7.05 Å². The Kier molecular flexibility index (Phi) is 2.31. The van der Waals surface area contributed by atoms with Gasteiger partial charge in [0.25, 0.3) is 0 Å². The molecule has 0 saturated carbocycles. The molecule has 2 rings (SSSR count). The lowest BCUT2D eigenvalue weighted by molar-refractivity contribution is 0.626. The van der Waals surface area contributed by atoms with Crippen LogP contribution in [0.15, 0.2) is 24.3 Å². The average molecular weight is 204 g/mol. The first-order valence-electron chi connectivity index (χ1n) is 4.84. The van der Waals surface area contributed by atoms with E-state index < -0.39 is 0 Å². The molecule has 0 N–H and O–H groups in total. The topological polar surface area (TPSA) is 17.8 Å². The zero-order chi connectivity index (χ0) is 11.0. The zero-order valence-electron chi connectivity index (χ0n) is 9.08. The third kappa shape index (κ3) is 1.91. The first kappa shape index (κ1) is 9.90. The highest BCUT2D eigenvalue weighted by molar-refractivity contribution is 5.61. The summed E-state index contributed by atoms with van der Waals surface area (Å²) >= 11 is 0. The molecular weight excluding hydrogens is 191 g/mol. The summed E-state index contributed by atoms with van der Waals surface area (Å²) in [5.74, 6) is -0.205. The molecule has 2 aromatic rings. The minimum absolute atomic E-state index is 0.205. The Hall–Kier alpha value is -1.64. The highest BCUT2D eigenvalue weighted by Crippen LogP contribution is 2.22. The van der Waals surface area contributed by atoms with Gasteiger partial charge in [-0.2, -0.15) is 5.10 Å². The molecule has 0 radical (unpaired) electrons. The van der Waals surface area contributed by atoms with Crippen molar-refractivity contribution < 1.29 is 4.39 Å². The monoisotopic (exact) mass is 204 g/mol. The van der Waals surface area contributed by atoms with Crippen LogP contribution in [0.3, 0.4) is 0 Å². The fourth-order valence-corrected chi connectivity index (χ4v) is 1.76. The first-order valence-corrected chi connectivity index (χ1v) is 4.84. The molecule has 0 unspecified atom stereocenters. The predicted octanol–water partition coefficient (Wildman–Crippen LogP) is 2.84. The van der Waals surface area contributed by atoms with Gasteiger partial charge in [0.1, 0.15) is 5.82 Å². The third-order valence-electron chi connectivity index (χ3n) is 2.34. The molecule has 0 spiro atoms. The first-order chi connectivity index (χ1) is 7.06. The quantitative estimate of drug-likeness (QED) is 0.698. The van der Waals surface area contributed by atoms with Crippen molar-refractivity contribution in [2.24, 2.45) is 7.05 Å². The number of halogens is 1. The van der Waals surface area contributed by atoms with Crippen LogP contribution >= 0.6 is 0 Å². The van der Waals surface area contributed by atoms with Crippen molar-refractivity contribution in [3.8, 4) is 11.3 Å². The number of hydrogen-bond donors (Lipinski definition) is 0. The minimum Gasteiger partial charge on any atom is -0.268 e. The van der Waals surface area contributed by atoms with Gasteiger partial charge >= 0.3 is 0 Å². The number of benzene rings is 1. The van der Waals surface area contributed by atoms with Gasteiger partial charge in [0.2, 0.25) is 0 Å². The fourth-order valence-electron chi connectivity index (χ4n) is 1.76. The third-order valence-corrected chi connectivity index (χ3v) is 2.34. The SMILES string of the molecule is Cc1cc(F)cc(-c2cc(C)nn2C)c1. The van der Waals surface area contributed by atoms with E-state index in [1.165, 1.54) is 12.1 Å². The van der Waals surface area contributed by atoms with Crippen LogP contribution in [0.4, 0.5) is 4.39 Å². The highest BCUT2D eigenvalue weighted by Gasteiger charge is 2.06. The Morgan fingerprint density at radius 3 is 2.40 bits per heavy atom. The van der Waals surface area contributed by atoms with E-state index >= 15 is 0 Å². The smallest absolute Gasteiger partial charge is 0.124 e. The van der Waals surface area contributed by atoms with Gasteiger partial charge in [0.15, 0.2) is 0 Å². The summed E-state index contributed by atoms with van der Waals surface area (Å²) in [6, 6.07) is 6.96. The Morgan fingerprint density at radius 2 is 1.87 bits per heavy atom. The summed E-state index contributed by atoms with van der Waals surface area (Å²) in [4.78, 5) is 0. The van der Waals surface area contributed by atoms with E-state index in [1.54, 1.807) is 4.68 Å². The second kappa shape index (κ2) is 3.50. The molecule has 3 heteroatoms. The molecule has 1 aromatic carbocycles. The summed E-state index contributed by atoms with van der Waals surface area (Å²) in [5, 5.41) is 4.24. The van der Waals surface area contributed by atoms with Gasteiger partial charge in [0.05, 0.1) is 11.4 Å². The van der Waals surface area contributed by atoms with Gasteiger partial charge in [-0.3, -0.25) is 4.68 Å². The molecule has 0 atom stereocenters. The van der Waals surface area contributed by atoms with Crippen molar-refractivity contribution in [2.75, 3.05) is 0 Å². The lowest BCUT2D eigenvalue weighted by Crippen LogP contribution is -1.94. The van der Waals surface area contributed by atoms with E-state index in [0.29, 0.717) is 0 Å². The lowest BCUT2D eigenvalue weighted by atomic mass is 10.1. The van der Waals surface area contributed by atoms with Crippen molar-refractivity contribution in [3.05, 3.63) is 41.3 Å². The van der Waals surface area contributed by atoms with E-state index in [4.69, 9.17) is 0 Å². The molecule has 0 aliphatic carbocycles. The molecule has 15 heavy (non-hydrogen) atoms. The Labute approximate surface area is 88.4 Å². The van der Waals surface area contributed by atoms with E-state index in [-0.39, 0.29) is 5.82 Å². The summed E-state index contributed by atoms with van der Waals surface area (Å²) in [6.07, 6.45) is 0. The largest absolute Gasteiger partial charge is 0.268 e. The molecule has 1 aromatic heterocycles. The van der Waals surface area contributed by atoms with Crippen LogP contribution < -0.4 is 0 Å². The summed E-state index contributed by atoms with van der Waals surface area (Å²) in [7, 11) is 1.86. The highest BCUT2D eigenvalue weighted by atomic mass is 19.1. The maximum Gasteiger partial charge on any atom is 0.124 e. The molecule has 0 saturated heterocycles. The van der Waals surface area contributed by atoms with Gasteiger partial charge in [-0.1, -0.05) is 0 Å². The van der Waals surface area contributed by atoms with Gasteiger partial charge in [-0.05, 0) is 43.7 Å². The second-order valence-corrected chi connectivity index (χ2v) is 3.81. The minimum atomic E-state index is -0.205. The van der Waals surface area contributed by atoms with Gasteiger partial charge in [-0.15, -0.1) is 0 Å². The van der Waals surface area contributed by atoms with E-state index in [0.717, 1.165) is 22.5 Å². The average Bonchev–Trinajstić information content (AvgIpc) is 2.43. The van der Waals surface area contributed by atoms with Crippen molar-refractivity contribution in [1.29, 1.82) is 0 Å². The van der Waals surface area contributed by atoms with Gasteiger partial charge in [0, 0.05) is 12.6 Å². The van der Waals surface area contributed by atoms with Crippen LogP contribution in [0.2, 0.25) is 0 Å². The van der Waals surface area contributed by atoms with Crippen molar-refractivity contribution in [3.63, 3.8) is 0 Å². The second-order valence-electron chi connectivity index (χ2n) is 3.81. The van der Waals surface area contributed by atoms with Gasteiger partial charge in [-0.25, -0.2) is 4.39 Å². The molecule has 0 aliphatic heterocycles. The molecule has 2 nitrogen and oxygen atoms in total. The molecular formula is C12H13FN2. The fraction of sp³-hybridized carbons (Fsp3) is 0.250. The number of nitrogens with zero attached hydrogens (tertiary/aromatic N) is 2. The summed E-state index contributed by atoms with van der Waals surface area (Å²) in [5.41, 5.74) is 3.67. The molecule has 0 bridgehead atoms. The van der Waals surface area contributed by atoms with Crippen LogP contribution in [0.5, 0.6) is 0 Å². The molecule has 0 fully saturated rings. The zero-order valence-corrected chi connectivity index (χ0v) is 9.08. The number of aryl methyl sites for hydroxylation is 3. The van der Waals surface area contributed by atoms with Crippen LogP contribution in [0.25, 0.3) is 11.3 Å². The summed E-state index contributed by atoms with van der Waals surface area (Å²) in [6.45, 7) is 3.81. The van der Waals surface area contributed by atoms with Crippen molar-refractivity contribution in [1.82, 2.24) is 9.78 Å².